The Morgan fingerprint density at radius 1 is 1.33 bits per heavy atom. The number of rotatable bonds is 6. The van der Waals surface area contributed by atoms with Crippen LogP contribution in [0.1, 0.15) is 32.8 Å². The van der Waals surface area contributed by atoms with E-state index in [4.69, 9.17) is 21.8 Å². The largest absolute Gasteiger partial charge is 0.481 e. The quantitative estimate of drug-likeness (QED) is 0.860. The Morgan fingerprint density at radius 3 is 2.58 bits per heavy atom. The number of benzene rings is 1. The molecule has 1 aromatic heterocycles. The minimum atomic E-state index is -0.793. The SMILES string of the molecule is CN(CCC(=O)O)Cc1cn(C(C)(C)C)nc1-c1ccccc1Cl. The fourth-order valence-corrected chi connectivity index (χ4v) is 2.63. The Hall–Kier alpha value is -1.85. The lowest BCUT2D eigenvalue weighted by Gasteiger charge is -2.19. The maximum Gasteiger partial charge on any atom is 0.304 e. The van der Waals surface area contributed by atoms with Gasteiger partial charge >= 0.3 is 5.97 Å². The number of hydrogen-bond acceptors (Lipinski definition) is 3. The van der Waals surface area contributed by atoms with Gasteiger partial charge in [-0.15, -0.1) is 0 Å². The highest BCUT2D eigenvalue weighted by Gasteiger charge is 2.21. The Balaban J connectivity index is 2.37. The zero-order valence-corrected chi connectivity index (χ0v) is 15.3. The summed E-state index contributed by atoms with van der Waals surface area (Å²) < 4.78 is 1.94. The summed E-state index contributed by atoms with van der Waals surface area (Å²) in [6.07, 6.45) is 2.14. The Labute approximate surface area is 147 Å². The fourth-order valence-electron chi connectivity index (χ4n) is 2.41. The van der Waals surface area contributed by atoms with Crippen molar-refractivity contribution >= 4 is 17.6 Å². The third-order valence-corrected chi connectivity index (χ3v) is 4.08. The number of carbonyl (C=O) groups is 1. The van der Waals surface area contributed by atoms with Crippen molar-refractivity contribution in [2.75, 3.05) is 13.6 Å². The molecule has 0 unspecified atom stereocenters. The molecule has 2 aromatic rings. The van der Waals surface area contributed by atoms with Gasteiger partial charge in [0, 0.05) is 30.4 Å². The van der Waals surface area contributed by atoms with E-state index in [0.29, 0.717) is 18.1 Å². The van der Waals surface area contributed by atoms with Gasteiger partial charge in [-0.2, -0.15) is 5.10 Å². The molecule has 0 atom stereocenters. The standard InChI is InChI=1S/C18H24ClN3O2/c1-18(2,3)22-12-13(11-21(4)10-9-16(23)24)17(20-22)14-7-5-6-8-15(14)19/h5-8,12H,9-11H2,1-4H3,(H,23,24). The number of halogens is 1. The van der Waals surface area contributed by atoms with Crippen LogP contribution in [-0.2, 0) is 16.9 Å². The normalized spacial score (nSPS) is 11.9. The summed E-state index contributed by atoms with van der Waals surface area (Å²) in [4.78, 5) is 12.7. The van der Waals surface area contributed by atoms with Gasteiger partial charge in [0.2, 0.25) is 0 Å². The lowest BCUT2D eigenvalue weighted by Crippen LogP contribution is -2.23. The van der Waals surface area contributed by atoms with Crippen molar-refractivity contribution in [3.05, 3.63) is 41.0 Å². The van der Waals surface area contributed by atoms with Gasteiger partial charge in [0.1, 0.15) is 0 Å². The van der Waals surface area contributed by atoms with Crippen molar-refractivity contribution in [3.63, 3.8) is 0 Å². The van der Waals surface area contributed by atoms with Crippen LogP contribution in [0.25, 0.3) is 11.3 Å². The van der Waals surface area contributed by atoms with Crippen LogP contribution in [0, 0.1) is 0 Å². The highest BCUT2D eigenvalue weighted by molar-refractivity contribution is 6.33. The molecule has 0 amide bonds. The molecule has 0 fully saturated rings. The van der Waals surface area contributed by atoms with Gasteiger partial charge in [-0.3, -0.25) is 9.48 Å². The number of aliphatic carboxylic acids is 1. The second kappa shape index (κ2) is 7.36. The van der Waals surface area contributed by atoms with Gasteiger partial charge in [-0.25, -0.2) is 0 Å². The third kappa shape index (κ3) is 4.58. The predicted molar refractivity (Wildman–Crippen MR) is 96.3 cm³/mol. The van der Waals surface area contributed by atoms with Crippen LogP contribution in [0.5, 0.6) is 0 Å². The molecular formula is C18H24ClN3O2. The first kappa shape index (κ1) is 18.5. The van der Waals surface area contributed by atoms with Crippen LogP contribution in [-0.4, -0.2) is 39.3 Å². The van der Waals surface area contributed by atoms with Crippen LogP contribution in [0.3, 0.4) is 0 Å². The molecule has 0 bridgehead atoms. The van der Waals surface area contributed by atoms with Crippen molar-refractivity contribution in [2.45, 2.75) is 39.3 Å². The van der Waals surface area contributed by atoms with Crippen LogP contribution in [0.4, 0.5) is 0 Å². The van der Waals surface area contributed by atoms with Crippen molar-refractivity contribution in [1.82, 2.24) is 14.7 Å². The van der Waals surface area contributed by atoms with Crippen molar-refractivity contribution in [1.29, 1.82) is 0 Å². The Morgan fingerprint density at radius 2 is 2.00 bits per heavy atom. The first-order valence-electron chi connectivity index (χ1n) is 7.92. The van der Waals surface area contributed by atoms with E-state index < -0.39 is 5.97 Å². The van der Waals surface area contributed by atoms with E-state index in [2.05, 4.69) is 20.8 Å². The monoisotopic (exact) mass is 349 g/mol. The van der Waals surface area contributed by atoms with Gasteiger partial charge in [-0.1, -0.05) is 29.8 Å². The highest BCUT2D eigenvalue weighted by Crippen LogP contribution is 2.31. The average molecular weight is 350 g/mol. The number of carboxylic acids is 1. The molecule has 0 spiro atoms. The van der Waals surface area contributed by atoms with Gasteiger partial charge in [0.05, 0.1) is 22.7 Å². The molecule has 130 valence electrons. The second-order valence-electron chi connectivity index (χ2n) is 6.98. The van der Waals surface area contributed by atoms with Gasteiger partial charge in [0.25, 0.3) is 0 Å². The molecule has 5 nitrogen and oxygen atoms in total. The zero-order chi connectivity index (χ0) is 17.9. The number of aromatic nitrogens is 2. The molecule has 0 saturated carbocycles. The Bertz CT molecular complexity index is 719. The molecule has 24 heavy (non-hydrogen) atoms. The molecule has 0 aliphatic rings. The number of nitrogens with zero attached hydrogens (tertiary/aromatic N) is 3. The molecule has 1 aromatic carbocycles. The summed E-state index contributed by atoms with van der Waals surface area (Å²) >= 11 is 6.35. The molecule has 0 aliphatic heterocycles. The topological polar surface area (TPSA) is 58.4 Å². The van der Waals surface area contributed by atoms with Crippen molar-refractivity contribution < 1.29 is 9.90 Å². The summed E-state index contributed by atoms with van der Waals surface area (Å²) in [5.74, 6) is -0.793. The third-order valence-electron chi connectivity index (χ3n) is 3.75. The maximum atomic E-state index is 10.8. The molecule has 6 heteroatoms. The molecular weight excluding hydrogens is 326 g/mol. The summed E-state index contributed by atoms with van der Waals surface area (Å²) in [6.45, 7) is 7.37. The van der Waals surface area contributed by atoms with E-state index >= 15 is 0 Å². The van der Waals surface area contributed by atoms with E-state index in [-0.39, 0.29) is 12.0 Å². The molecule has 0 saturated heterocycles. The molecule has 1 heterocycles. The van der Waals surface area contributed by atoms with Crippen LogP contribution in [0.15, 0.2) is 30.5 Å². The number of hydrogen-bond donors (Lipinski definition) is 1. The van der Waals surface area contributed by atoms with Gasteiger partial charge < -0.3 is 10.0 Å². The van der Waals surface area contributed by atoms with E-state index in [1.807, 2.05) is 47.1 Å². The van der Waals surface area contributed by atoms with Gasteiger partial charge in [-0.05, 0) is 33.9 Å². The first-order chi connectivity index (χ1) is 11.2. The van der Waals surface area contributed by atoms with E-state index in [9.17, 15) is 4.79 Å². The summed E-state index contributed by atoms with van der Waals surface area (Å²) in [7, 11) is 1.91. The van der Waals surface area contributed by atoms with Crippen LogP contribution in [0.2, 0.25) is 5.02 Å². The van der Waals surface area contributed by atoms with Gasteiger partial charge in [0.15, 0.2) is 0 Å². The van der Waals surface area contributed by atoms with Crippen molar-refractivity contribution in [2.24, 2.45) is 0 Å². The minimum Gasteiger partial charge on any atom is -0.481 e. The molecule has 1 N–H and O–H groups in total. The van der Waals surface area contributed by atoms with E-state index in [1.165, 1.54) is 0 Å². The van der Waals surface area contributed by atoms with Crippen LogP contribution < -0.4 is 0 Å². The first-order valence-corrected chi connectivity index (χ1v) is 8.30. The predicted octanol–water partition coefficient (Wildman–Crippen LogP) is 3.87. The highest BCUT2D eigenvalue weighted by atomic mass is 35.5. The Kier molecular flexibility index (Phi) is 5.67. The number of carboxylic acid groups (broad SMARTS) is 1. The minimum absolute atomic E-state index is 0.116. The maximum absolute atomic E-state index is 10.8. The summed E-state index contributed by atoms with van der Waals surface area (Å²) in [5.41, 5.74) is 2.63. The second-order valence-corrected chi connectivity index (χ2v) is 7.39. The van der Waals surface area contributed by atoms with Crippen molar-refractivity contribution in [3.8, 4) is 11.3 Å². The molecule has 2 rings (SSSR count). The van der Waals surface area contributed by atoms with E-state index in [0.717, 1.165) is 16.8 Å². The fraction of sp³-hybridized carbons (Fsp3) is 0.444. The molecule has 0 radical (unpaired) electrons. The van der Waals surface area contributed by atoms with Crippen LogP contribution >= 0.6 is 11.6 Å². The summed E-state index contributed by atoms with van der Waals surface area (Å²) in [6, 6.07) is 7.64. The zero-order valence-electron chi connectivity index (χ0n) is 14.6. The lowest BCUT2D eigenvalue weighted by atomic mass is 10.1. The molecule has 0 aliphatic carbocycles. The average Bonchev–Trinajstić information content (AvgIpc) is 2.89. The summed E-state index contributed by atoms with van der Waals surface area (Å²) in [5, 5.41) is 14.3. The lowest BCUT2D eigenvalue weighted by molar-refractivity contribution is -0.137. The smallest absolute Gasteiger partial charge is 0.304 e. The van der Waals surface area contributed by atoms with E-state index in [1.54, 1.807) is 0 Å².